The summed E-state index contributed by atoms with van der Waals surface area (Å²) >= 11 is 1.84. The first-order chi connectivity index (χ1) is 20.4. The van der Waals surface area contributed by atoms with Gasteiger partial charge in [-0.1, -0.05) is 0 Å². The van der Waals surface area contributed by atoms with Crippen LogP contribution < -0.4 is 16.6 Å². The summed E-state index contributed by atoms with van der Waals surface area (Å²) in [6.07, 6.45) is 4.91. The number of nitrogens with one attached hydrogen (secondary N) is 1. The van der Waals surface area contributed by atoms with Gasteiger partial charge in [-0.05, 0) is 74.3 Å². The van der Waals surface area contributed by atoms with Gasteiger partial charge in [-0.3, -0.25) is 23.6 Å². The number of pyridine rings is 1. The summed E-state index contributed by atoms with van der Waals surface area (Å²) in [6.45, 7) is 3.39. The fourth-order valence-corrected chi connectivity index (χ4v) is 7.48. The molecule has 3 aromatic rings. The fourth-order valence-electron chi connectivity index (χ4n) is 6.40. The van der Waals surface area contributed by atoms with Crippen molar-refractivity contribution in [3.8, 4) is 5.75 Å². The number of thioether (sulfide) groups is 1. The quantitative estimate of drug-likeness (QED) is 0.445. The number of rotatable bonds is 6. The van der Waals surface area contributed by atoms with Crippen molar-refractivity contribution in [2.24, 2.45) is 0 Å². The van der Waals surface area contributed by atoms with Gasteiger partial charge in [0.15, 0.2) is 0 Å². The Morgan fingerprint density at radius 1 is 1.02 bits per heavy atom. The molecule has 224 valence electrons. The number of hydrogen-bond donors (Lipinski definition) is 2. The Morgan fingerprint density at radius 3 is 2.48 bits per heavy atom. The Bertz CT molecular complexity index is 1570. The Kier molecular flexibility index (Phi) is 8.64. The van der Waals surface area contributed by atoms with Crippen LogP contribution in [0.15, 0.2) is 40.1 Å². The van der Waals surface area contributed by atoms with E-state index in [1.54, 1.807) is 22.8 Å². The van der Waals surface area contributed by atoms with Crippen LogP contribution in [0.1, 0.15) is 66.5 Å². The second-order valence-electron chi connectivity index (χ2n) is 11.4. The predicted octanol–water partition coefficient (Wildman–Crippen LogP) is 3.22. The van der Waals surface area contributed by atoms with Crippen molar-refractivity contribution in [2.45, 2.75) is 63.2 Å². The van der Waals surface area contributed by atoms with Gasteiger partial charge in [-0.25, -0.2) is 14.2 Å². The highest BCUT2D eigenvalue weighted by atomic mass is 32.2. The molecule has 2 aromatic heterocycles. The zero-order valence-corrected chi connectivity index (χ0v) is 24.3. The Morgan fingerprint density at radius 2 is 1.74 bits per heavy atom. The number of fused-ring (bicyclic) bond motifs is 1. The first kappa shape index (κ1) is 28.9. The number of carbonyl (C=O) groups excluding carboxylic acids is 1. The van der Waals surface area contributed by atoms with E-state index in [-0.39, 0.29) is 46.5 Å². The largest absolute Gasteiger partial charge is 0.508 e. The maximum Gasteiger partial charge on any atom is 0.333 e. The van der Waals surface area contributed by atoms with Gasteiger partial charge in [0.2, 0.25) is 0 Å². The number of phenolic OH excluding ortho intramolecular Hbond substituents is 1. The van der Waals surface area contributed by atoms with Gasteiger partial charge >= 0.3 is 5.69 Å². The molecule has 0 bridgehead atoms. The van der Waals surface area contributed by atoms with Crippen LogP contribution in [0, 0.1) is 5.82 Å². The molecule has 1 amide bonds. The number of benzene rings is 1. The molecule has 0 unspecified atom stereocenters. The maximum absolute atomic E-state index is 14.2. The molecule has 0 spiro atoms. The van der Waals surface area contributed by atoms with Crippen LogP contribution in [-0.2, 0) is 11.3 Å². The molecule has 1 aliphatic carbocycles. The third-order valence-corrected chi connectivity index (χ3v) is 9.76. The van der Waals surface area contributed by atoms with Crippen molar-refractivity contribution in [3.05, 3.63) is 68.2 Å². The van der Waals surface area contributed by atoms with E-state index in [0.717, 1.165) is 43.6 Å². The number of amides is 1. The molecular weight excluding hydrogens is 561 g/mol. The lowest BCUT2D eigenvalue weighted by molar-refractivity contribution is 0.0338. The molecule has 2 N–H and O–H groups in total. The predicted molar refractivity (Wildman–Crippen MR) is 159 cm³/mol. The van der Waals surface area contributed by atoms with Crippen LogP contribution in [0.4, 0.5) is 4.39 Å². The Labute approximate surface area is 246 Å². The zero-order chi connectivity index (χ0) is 29.2. The van der Waals surface area contributed by atoms with Crippen LogP contribution in [-0.4, -0.2) is 73.9 Å². The highest BCUT2D eigenvalue weighted by Crippen LogP contribution is 2.30. The first-order valence-electron chi connectivity index (χ1n) is 14.7. The van der Waals surface area contributed by atoms with Crippen molar-refractivity contribution in [3.63, 3.8) is 0 Å². The second kappa shape index (κ2) is 12.6. The number of carbonyl (C=O) groups is 1. The van der Waals surface area contributed by atoms with Crippen molar-refractivity contribution in [1.29, 1.82) is 0 Å². The van der Waals surface area contributed by atoms with Gasteiger partial charge in [0.05, 0.1) is 24.8 Å². The van der Waals surface area contributed by atoms with Gasteiger partial charge in [-0.15, -0.1) is 0 Å². The van der Waals surface area contributed by atoms with E-state index in [1.807, 2.05) is 11.8 Å². The summed E-state index contributed by atoms with van der Waals surface area (Å²) in [5, 5.41) is 13.6. The standard InChI is InChI=1S/C30H36FN5O5S/c31-21-16-25-27(32-17-21)35(24-7-13-42-14-8-24)30(40)36(29(25)39)23-4-2-22(3-5-23)33-28(38)19-1-6-26(37)20(15-19)18-34-9-11-41-12-10-34/h1,6,15-17,22-24,37H,2-5,7-14,18H2,(H,33,38). The van der Waals surface area contributed by atoms with E-state index in [4.69, 9.17) is 4.74 Å². The number of ether oxygens (including phenoxy) is 1. The number of morpholine rings is 1. The lowest BCUT2D eigenvalue weighted by Crippen LogP contribution is -2.46. The topological polar surface area (TPSA) is 119 Å². The lowest BCUT2D eigenvalue weighted by Gasteiger charge is -2.31. The summed E-state index contributed by atoms with van der Waals surface area (Å²) in [4.78, 5) is 46.8. The minimum Gasteiger partial charge on any atom is -0.508 e. The van der Waals surface area contributed by atoms with Crippen molar-refractivity contribution in [1.82, 2.24) is 24.3 Å². The SMILES string of the molecule is O=C(NC1CCC(n2c(=O)c3cc(F)cnc3n(C3CCSCC3)c2=O)CC1)c1ccc(O)c(CN2CCOCC2)c1. The number of nitrogens with zero attached hydrogens (tertiary/aromatic N) is 4. The highest BCUT2D eigenvalue weighted by molar-refractivity contribution is 7.99. The van der Waals surface area contributed by atoms with E-state index in [1.165, 1.54) is 10.6 Å². The van der Waals surface area contributed by atoms with Gasteiger partial charge in [0.25, 0.3) is 11.5 Å². The molecule has 2 aliphatic heterocycles. The van der Waals surface area contributed by atoms with Gasteiger partial charge in [0.1, 0.15) is 17.2 Å². The smallest absolute Gasteiger partial charge is 0.333 e. The summed E-state index contributed by atoms with van der Waals surface area (Å²) in [6, 6.07) is 5.56. The normalized spacial score (nSPS) is 22.3. The van der Waals surface area contributed by atoms with Gasteiger partial charge in [0, 0.05) is 48.9 Å². The zero-order valence-electron chi connectivity index (χ0n) is 23.5. The summed E-state index contributed by atoms with van der Waals surface area (Å²) in [7, 11) is 0. The summed E-state index contributed by atoms with van der Waals surface area (Å²) < 4.78 is 22.5. The molecule has 42 heavy (non-hydrogen) atoms. The number of aromatic hydroxyl groups is 1. The van der Waals surface area contributed by atoms with Crippen molar-refractivity contribution < 1.29 is 19.0 Å². The molecule has 1 aromatic carbocycles. The average molecular weight is 598 g/mol. The molecule has 2 saturated heterocycles. The van der Waals surface area contributed by atoms with E-state index < -0.39 is 11.4 Å². The molecule has 3 aliphatic rings. The fraction of sp³-hybridized carbons (Fsp3) is 0.533. The Balaban J connectivity index is 1.17. The number of aromatic nitrogens is 3. The number of phenols is 1. The highest BCUT2D eigenvalue weighted by Gasteiger charge is 2.30. The van der Waals surface area contributed by atoms with E-state index >= 15 is 0 Å². The molecule has 0 radical (unpaired) electrons. The summed E-state index contributed by atoms with van der Waals surface area (Å²) in [5.74, 6) is 1.17. The first-order valence-corrected chi connectivity index (χ1v) is 15.9. The third kappa shape index (κ3) is 5.97. The van der Waals surface area contributed by atoms with Gasteiger partial charge in [-0.2, -0.15) is 11.8 Å². The number of hydrogen-bond acceptors (Lipinski definition) is 8. The van der Waals surface area contributed by atoms with Crippen LogP contribution >= 0.6 is 11.8 Å². The second-order valence-corrected chi connectivity index (χ2v) is 12.6. The molecular formula is C30H36FN5O5S. The van der Waals surface area contributed by atoms with Crippen LogP contribution in [0.3, 0.4) is 0 Å². The average Bonchev–Trinajstić information content (AvgIpc) is 3.00. The third-order valence-electron chi connectivity index (χ3n) is 8.72. The monoisotopic (exact) mass is 597 g/mol. The molecule has 6 rings (SSSR count). The van der Waals surface area contributed by atoms with Crippen LogP contribution in [0.25, 0.3) is 11.0 Å². The number of halogens is 1. The minimum absolute atomic E-state index is 0.0832. The molecule has 0 atom stereocenters. The maximum atomic E-state index is 14.2. The Hall–Kier alpha value is -3.22. The lowest BCUT2D eigenvalue weighted by atomic mass is 9.90. The van der Waals surface area contributed by atoms with Crippen molar-refractivity contribution >= 4 is 28.7 Å². The van der Waals surface area contributed by atoms with E-state index in [0.29, 0.717) is 56.6 Å². The van der Waals surface area contributed by atoms with E-state index in [9.17, 15) is 23.9 Å². The summed E-state index contributed by atoms with van der Waals surface area (Å²) in [5.41, 5.74) is 0.540. The minimum atomic E-state index is -0.607. The van der Waals surface area contributed by atoms with Crippen LogP contribution in [0.2, 0.25) is 0 Å². The molecule has 1 saturated carbocycles. The molecule has 12 heteroatoms. The van der Waals surface area contributed by atoms with Gasteiger partial charge < -0.3 is 15.2 Å². The molecule has 4 heterocycles. The molecule has 3 fully saturated rings. The van der Waals surface area contributed by atoms with Crippen molar-refractivity contribution in [2.75, 3.05) is 37.8 Å². The van der Waals surface area contributed by atoms with E-state index in [2.05, 4.69) is 15.2 Å². The van der Waals surface area contributed by atoms with Crippen LogP contribution in [0.5, 0.6) is 5.75 Å². The molecule has 10 nitrogen and oxygen atoms in total.